The van der Waals surface area contributed by atoms with Crippen molar-refractivity contribution in [2.75, 3.05) is 18.4 Å². The van der Waals surface area contributed by atoms with Gasteiger partial charge < -0.3 is 5.32 Å². The van der Waals surface area contributed by atoms with Crippen LogP contribution in [-0.2, 0) is 21.2 Å². The molecule has 1 aliphatic carbocycles. The van der Waals surface area contributed by atoms with E-state index in [2.05, 4.69) is 10.3 Å². The Bertz CT molecular complexity index is 1000. The van der Waals surface area contributed by atoms with Gasteiger partial charge >= 0.3 is 0 Å². The smallest absolute Gasteiger partial charge is 0.243 e. The second kappa shape index (κ2) is 7.73. The molecule has 2 heterocycles. The topological polar surface area (TPSA) is 96.4 Å². The van der Waals surface area contributed by atoms with E-state index in [1.54, 1.807) is 30.3 Å². The number of nitrogens with one attached hydrogen (secondary N) is 1. The van der Waals surface area contributed by atoms with Gasteiger partial charge in [0.1, 0.15) is 0 Å². The lowest BCUT2D eigenvalue weighted by Crippen LogP contribution is -2.43. The minimum Gasteiger partial charge on any atom is -0.302 e. The number of carbonyl (C=O) groups is 2. The predicted octanol–water partition coefficient (Wildman–Crippen LogP) is 2.70. The highest BCUT2D eigenvalue weighted by molar-refractivity contribution is 7.89. The van der Waals surface area contributed by atoms with E-state index in [1.807, 2.05) is 0 Å². The standard InChI is InChI=1S/C19H21N3O4S2/c23-16-10-4-9-15-17(16)27-19(20-15)21-18(24)13-6-5-11-22(12-13)28(25,26)14-7-2-1-3-8-14/h1-3,7-8,13H,4-6,9-12H2,(H,20,21,24). The second-order valence-electron chi connectivity index (χ2n) is 7.08. The number of sulfonamides is 1. The van der Waals surface area contributed by atoms with Crippen LogP contribution < -0.4 is 5.32 Å². The Morgan fingerprint density at radius 3 is 2.71 bits per heavy atom. The average Bonchev–Trinajstić information content (AvgIpc) is 3.12. The quantitative estimate of drug-likeness (QED) is 0.822. The molecule has 1 aromatic carbocycles. The van der Waals surface area contributed by atoms with Crippen molar-refractivity contribution in [3.63, 3.8) is 0 Å². The molecule has 1 saturated heterocycles. The number of hydrogen-bond donors (Lipinski definition) is 1. The molecular weight excluding hydrogens is 398 g/mol. The van der Waals surface area contributed by atoms with Crippen molar-refractivity contribution in [1.82, 2.24) is 9.29 Å². The van der Waals surface area contributed by atoms with Crippen LogP contribution in [0.2, 0.25) is 0 Å². The summed E-state index contributed by atoms with van der Waals surface area (Å²) in [7, 11) is -3.62. The summed E-state index contributed by atoms with van der Waals surface area (Å²) in [6.45, 7) is 0.550. The van der Waals surface area contributed by atoms with E-state index in [-0.39, 0.29) is 23.1 Å². The number of nitrogens with zero attached hydrogens (tertiary/aromatic N) is 2. The zero-order valence-corrected chi connectivity index (χ0v) is 16.9. The van der Waals surface area contributed by atoms with Crippen molar-refractivity contribution < 1.29 is 18.0 Å². The molecule has 2 aliphatic rings. The molecule has 0 spiro atoms. The zero-order valence-electron chi connectivity index (χ0n) is 15.3. The first kappa shape index (κ1) is 19.2. The van der Waals surface area contributed by atoms with Gasteiger partial charge in [-0.05, 0) is 37.8 Å². The molecule has 148 valence electrons. The lowest BCUT2D eigenvalue weighted by molar-refractivity contribution is -0.120. The third-order valence-electron chi connectivity index (χ3n) is 5.13. The number of benzene rings is 1. The lowest BCUT2D eigenvalue weighted by atomic mass is 9.99. The van der Waals surface area contributed by atoms with Crippen molar-refractivity contribution in [2.45, 2.75) is 37.0 Å². The molecule has 28 heavy (non-hydrogen) atoms. The van der Waals surface area contributed by atoms with Gasteiger partial charge in [0, 0.05) is 19.5 Å². The van der Waals surface area contributed by atoms with Crippen LogP contribution in [0.15, 0.2) is 35.2 Å². The summed E-state index contributed by atoms with van der Waals surface area (Å²) in [6.07, 6.45) is 3.31. The molecule has 1 aliphatic heterocycles. The van der Waals surface area contributed by atoms with Gasteiger partial charge in [0.05, 0.1) is 21.4 Å². The van der Waals surface area contributed by atoms with Crippen LogP contribution in [0.4, 0.5) is 5.13 Å². The fourth-order valence-corrected chi connectivity index (χ4v) is 6.17. The van der Waals surface area contributed by atoms with Gasteiger partial charge in [-0.25, -0.2) is 13.4 Å². The number of fused-ring (bicyclic) bond motifs is 1. The Morgan fingerprint density at radius 1 is 1.18 bits per heavy atom. The molecule has 0 bridgehead atoms. The SMILES string of the molecule is O=C1CCCc2nc(NC(=O)C3CCCN(S(=O)(=O)c4ccccc4)C3)sc21. The largest absolute Gasteiger partial charge is 0.302 e. The number of anilines is 1. The molecule has 1 fully saturated rings. The highest BCUT2D eigenvalue weighted by Crippen LogP contribution is 2.31. The van der Waals surface area contributed by atoms with Gasteiger partial charge in [-0.3, -0.25) is 9.59 Å². The first-order valence-corrected chi connectivity index (χ1v) is 11.6. The number of hydrogen-bond acceptors (Lipinski definition) is 6. The van der Waals surface area contributed by atoms with Crippen LogP contribution in [0.3, 0.4) is 0 Å². The van der Waals surface area contributed by atoms with Gasteiger partial charge in [-0.1, -0.05) is 29.5 Å². The Hall–Kier alpha value is -2.10. The molecule has 1 unspecified atom stereocenters. The summed E-state index contributed by atoms with van der Waals surface area (Å²) in [4.78, 5) is 29.9. The number of carbonyl (C=O) groups excluding carboxylic acids is 2. The Morgan fingerprint density at radius 2 is 1.96 bits per heavy atom. The molecule has 1 amide bonds. The monoisotopic (exact) mass is 419 g/mol. The molecule has 1 N–H and O–H groups in total. The molecule has 0 radical (unpaired) electrons. The maximum Gasteiger partial charge on any atom is 0.243 e. The summed E-state index contributed by atoms with van der Waals surface area (Å²) in [5, 5.41) is 3.22. The number of amides is 1. The summed E-state index contributed by atoms with van der Waals surface area (Å²) >= 11 is 1.21. The van der Waals surface area contributed by atoms with Crippen LogP contribution in [0.5, 0.6) is 0 Å². The van der Waals surface area contributed by atoms with Crippen LogP contribution in [0.25, 0.3) is 0 Å². The van der Waals surface area contributed by atoms with Crippen molar-refractivity contribution in [3.8, 4) is 0 Å². The molecule has 1 aromatic heterocycles. The highest BCUT2D eigenvalue weighted by atomic mass is 32.2. The van der Waals surface area contributed by atoms with Gasteiger partial charge in [-0.2, -0.15) is 4.31 Å². The molecule has 1 atom stereocenters. The summed E-state index contributed by atoms with van der Waals surface area (Å²) in [5.41, 5.74) is 0.758. The van der Waals surface area contributed by atoms with Crippen LogP contribution in [-0.4, -0.2) is 42.5 Å². The Balaban J connectivity index is 1.46. The van der Waals surface area contributed by atoms with E-state index in [1.165, 1.54) is 15.6 Å². The van der Waals surface area contributed by atoms with Gasteiger partial charge in [0.25, 0.3) is 0 Å². The van der Waals surface area contributed by atoms with E-state index in [9.17, 15) is 18.0 Å². The lowest BCUT2D eigenvalue weighted by Gasteiger charge is -2.31. The fraction of sp³-hybridized carbons (Fsp3) is 0.421. The molecule has 0 saturated carbocycles. The van der Waals surface area contributed by atoms with E-state index in [0.29, 0.717) is 35.8 Å². The first-order valence-electron chi connectivity index (χ1n) is 9.34. The van der Waals surface area contributed by atoms with Crippen LogP contribution in [0, 0.1) is 5.92 Å². The van der Waals surface area contributed by atoms with Gasteiger partial charge in [0.15, 0.2) is 10.9 Å². The maximum absolute atomic E-state index is 12.8. The van der Waals surface area contributed by atoms with Crippen molar-refractivity contribution in [2.24, 2.45) is 5.92 Å². The maximum atomic E-state index is 12.8. The number of aryl methyl sites for hydroxylation is 1. The molecule has 9 heteroatoms. The first-order chi connectivity index (χ1) is 13.4. The number of Topliss-reactive ketones (excluding diaryl/α,β-unsaturated/α-hetero) is 1. The highest BCUT2D eigenvalue weighted by Gasteiger charge is 2.34. The minimum absolute atomic E-state index is 0.0806. The number of ketones is 1. The molecule has 4 rings (SSSR count). The molecule has 2 aromatic rings. The van der Waals surface area contributed by atoms with Crippen LogP contribution >= 0.6 is 11.3 Å². The summed E-state index contributed by atoms with van der Waals surface area (Å²) in [5.74, 6) is -0.604. The fourth-order valence-electron chi connectivity index (χ4n) is 3.65. The Labute approximate surface area is 167 Å². The summed E-state index contributed by atoms with van der Waals surface area (Å²) in [6, 6.07) is 8.27. The number of piperidine rings is 1. The van der Waals surface area contributed by atoms with E-state index in [4.69, 9.17) is 0 Å². The third kappa shape index (κ3) is 3.74. The molecule has 7 nitrogen and oxygen atoms in total. The second-order valence-corrected chi connectivity index (χ2v) is 10.0. The van der Waals surface area contributed by atoms with Crippen molar-refractivity contribution in [1.29, 1.82) is 0 Å². The van der Waals surface area contributed by atoms with E-state index < -0.39 is 15.9 Å². The number of thiazole rings is 1. The number of rotatable bonds is 4. The van der Waals surface area contributed by atoms with E-state index >= 15 is 0 Å². The van der Waals surface area contributed by atoms with Gasteiger partial charge in [0.2, 0.25) is 15.9 Å². The minimum atomic E-state index is -3.62. The summed E-state index contributed by atoms with van der Waals surface area (Å²) < 4.78 is 27.0. The number of aromatic nitrogens is 1. The van der Waals surface area contributed by atoms with Gasteiger partial charge in [-0.15, -0.1) is 0 Å². The van der Waals surface area contributed by atoms with E-state index in [0.717, 1.165) is 18.5 Å². The normalized spacial score (nSPS) is 20.6. The average molecular weight is 420 g/mol. The predicted molar refractivity (Wildman–Crippen MR) is 106 cm³/mol. The molecular formula is C19H21N3O4S2. The zero-order chi connectivity index (χ0) is 19.7. The van der Waals surface area contributed by atoms with Crippen molar-refractivity contribution >= 4 is 38.2 Å². The third-order valence-corrected chi connectivity index (χ3v) is 8.07. The Kier molecular flexibility index (Phi) is 5.31. The van der Waals surface area contributed by atoms with Crippen LogP contribution in [0.1, 0.15) is 41.0 Å². The van der Waals surface area contributed by atoms with Crippen molar-refractivity contribution in [3.05, 3.63) is 40.9 Å².